The lowest BCUT2D eigenvalue weighted by Crippen LogP contribution is -2.36. The predicted octanol–water partition coefficient (Wildman–Crippen LogP) is 2.21. The maximum absolute atomic E-state index is 5.96. The first-order chi connectivity index (χ1) is 7.74. The van der Waals surface area contributed by atoms with Gasteiger partial charge >= 0.3 is 0 Å². The van der Waals surface area contributed by atoms with Crippen molar-refractivity contribution < 1.29 is 9.47 Å². The van der Waals surface area contributed by atoms with Crippen LogP contribution in [0.2, 0.25) is 0 Å². The van der Waals surface area contributed by atoms with Crippen molar-refractivity contribution in [1.29, 1.82) is 0 Å². The van der Waals surface area contributed by atoms with Gasteiger partial charge in [0.2, 0.25) is 0 Å². The molecular weight excluding hydrogens is 202 g/mol. The van der Waals surface area contributed by atoms with Crippen LogP contribution >= 0.6 is 0 Å². The molecule has 2 atom stereocenters. The van der Waals surface area contributed by atoms with E-state index >= 15 is 0 Å². The van der Waals surface area contributed by atoms with Crippen LogP contribution in [0.1, 0.15) is 40.0 Å². The molecule has 2 unspecified atom stereocenters. The third-order valence-electron chi connectivity index (χ3n) is 3.11. The number of likely N-dealkylation sites (N-methyl/N-ethyl adjacent to an activating group) is 1. The van der Waals surface area contributed by atoms with Crippen LogP contribution < -0.4 is 5.32 Å². The molecule has 3 nitrogen and oxygen atoms in total. The zero-order chi connectivity index (χ0) is 11.8. The molecule has 1 rings (SSSR count). The van der Waals surface area contributed by atoms with Gasteiger partial charge < -0.3 is 14.8 Å². The van der Waals surface area contributed by atoms with Crippen molar-refractivity contribution in [1.82, 2.24) is 5.32 Å². The van der Waals surface area contributed by atoms with Gasteiger partial charge in [-0.1, -0.05) is 20.8 Å². The average Bonchev–Trinajstić information content (AvgIpc) is 2.30. The fraction of sp³-hybridized carbons (Fsp3) is 1.00. The highest BCUT2D eigenvalue weighted by molar-refractivity contribution is 4.68. The Kier molecular flexibility index (Phi) is 7.01. The van der Waals surface area contributed by atoms with Gasteiger partial charge in [-0.25, -0.2) is 0 Å². The molecule has 0 aromatic carbocycles. The molecule has 0 saturated carbocycles. The summed E-state index contributed by atoms with van der Waals surface area (Å²) in [5.41, 5.74) is 0. The van der Waals surface area contributed by atoms with Crippen LogP contribution in [-0.4, -0.2) is 38.5 Å². The Bertz CT molecular complexity index is 167. The zero-order valence-corrected chi connectivity index (χ0v) is 11.0. The Morgan fingerprint density at radius 3 is 2.75 bits per heavy atom. The summed E-state index contributed by atoms with van der Waals surface area (Å²) in [6.45, 7) is 10.2. The van der Waals surface area contributed by atoms with Crippen LogP contribution in [0.3, 0.4) is 0 Å². The first kappa shape index (κ1) is 13.9. The lowest BCUT2D eigenvalue weighted by Gasteiger charge is -2.27. The highest BCUT2D eigenvalue weighted by atomic mass is 16.5. The first-order valence-corrected chi connectivity index (χ1v) is 6.68. The molecule has 16 heavy (non-hydrogen) atoms. The van der Waals surface area contributed by atoms with Crippen molar-refractivity contribution in [2.75, 3.05) is 26.3 Å². The van der Waals surface area contributed by atoms with Crippen molar-refractivity contribution in [2.45, 2.75) is 52.2 Å². The summed E-state index contributed by atoms with van der Waals surface area (Å²) in [6.07, 6.45) is 4.29. The van der Waals surface area contributed by atoms with Gasteiger partial charge in [0.25, 0.3) is 0 Å². The Balaban J connectivity index is 2.19. The maximum atomic E-state index is 5.96. The molecule has 3 heteroatoms. The third-order valence-corrected chi connectivity index (χ3v) is 3.11. The minimum Gasteiger partial charge on any atom is -0.376 e. The number of ether oxygens (including phenoxy) is 2. The first-order valence-electron chi connectivity index (χ1n) is 6.68. The van der Waals surface area contributed by atoms with Gasteiger partial charge in [-0.15, -0.1) is 0 Å². The van der Waals surface area contributed by atoms with E-state index in [9.17, 15) is 0 Å². The molecule has 1 aliphatic heterocycles. The molecule has 1 fully saturated rings. The fourth-order valence-electron chi connectivity index (χ4n) is 1.94. The molecule has 1 N–H and O–H groups in total. The van der Waals surface area contributed by atoms with Gasteiger partial charge in [0, 0.05) is 13.2 Å². The lowest BCUT2D eigenvalue weighted by atomic mass is 10.1. The van der Waals surface area contributed by atoms with Crippen molar-refractivity contribution in [3.63, 3.8) is 0 Å². The molecule has 1 aliphatic rings. The summed E-state index contributed by atoms with van der Waals surface area (Å²) in [6, 6.07) is 0. The number of nitrogens with one attached hydrogen (secondary N) is 1. The summed E-state index contributed by atoms with van der Waals surface area (Å²) < 4.78 is 11.6. The van der Waals surface area contributed by atoms with E-state index in [1.54, 1.807) is 0 Å². The summed E-state index contributed by atoms with van der Waals surface area (Å²) in [5.74, 6) is 0.558. The van der Waals surface area contributed by atoms with E-state index in [0.717, 1.165) is 32.7 Å². The van der Waals surface area contributed by atoms with Crippen LogP contribution in [0, 0.1) is 5.92 Å². The minimum absolute atomic E-state index is 0.311. The molecular formula is C13H27NO2. The normalized spacial score (nSPS) is 23.6. The Morgan fingerprint density at radius 2 is 2.19 bits per heavy atom. The number of hydrogen-bond donors (Lipinski definition) is 1. The lowest BCUT2D eigenvalue weighted by molar-refractivity contribution is -0.0720. The van der Waals surface area contributed by atoms with Gasteiger partial charge in [-0.05, 0) is 31.7 Å². The van der Waals surface area contributed by atoms with E-state index in [2.05, 4.69) is 26.1 Å². The van der Waals surface area contributed by atoms with Crippen LogP contribution in [0.15, 0.2) is 0 Å². The molecule has 0 aliphatic carbocycles. The van der Waals surface area contributed by atoms with Gasteiger partial charge in [0.15, 0.2) is 0 Å². The maximum Gasteiger partial charge on any atom is 0.0808 e. The second-order valence-electron chi connectivity index (χ2n) is 4.91. The van der Waals surface area contributed by atoms with Crippen LogP contribution in [-0.2, 0) is 9.47 Å². The van der Waals surface area contributed by atoms with E-state index in [1.165, 1.54) is 12.8 Å². The summed E-state index contributed by atoms with van der Waals surface area (Å²) >= 11 is 0. The van der Waals surface area contributed by atoms with Crippen molar-refractivity contribution in [2.24, 2.45) is 5.92 Å². The Morgan fingerprint density at radius 1 is 1.38 bits per heavy atom. The molecule has 0 aromatic rings. The van der Waals surface area contributed by atoms with Crippen LogP contribution in [0.5, 0.6) is 0 Å². The van der Waals surface area contributed by atoms with E-state index in [4.69, 9.17) is 9.47 Å². The Hall–Kier alpha value is -0.120. The second-order valence-corrected chi connectivity index (χ2v) is 4.91. The molecule has 0 spiro atoms. The zero-order valence-electron chi connectivity index (χ0n) is 11.0. The largest absolute Gasteiger partial charge is 0.376 e. The standard InChI is InChI=1S/C13H27NO2/c1-4-14-9-13(11(2)3)16-10-12-7-5-6-8-15-12/h11-14H,4-10H2,1-3H3. The van der Waals surface area contributed by atoms with E-state index in [-0.39, 0.29) is 0 Å². The van der Waals surface area contributed by atoms with Gasteiger partial charge in [-0.2, -0.15) is 0 Å². The SMILES string of the molecule is CCNCC(OCC1CCCCO1)C(C)C. The summed E-state index contributed by atoms with van der Waals surface area (Å²) in [5, 5.41) is 3.35. The van der Waals surface area contributed by atoms with Gasteiger partial charge in [0.05, 0.1) is 18.8 Å². The van der Waals surface area contributed by atoms with E-state index < -0.39 is 0 Å². The van der Waals surface area contributed by atoms with Gasteiger partial charge in [-0.3, -0.25) is 0 Å². The summed E-state index contributed by atoms with van der Waals surface area (Å²) in [4.78, 5) is 0. The van der Waals surface area contributed by atoms with E-state index in [1.807, 2.05) is 0 Å². The van der Waals surface area contributed by atoms with Crippen molar-refractivity contribution in [3.8, 4) is 0 Å². The average molecular weight is 229 g/mol. The topological polar surface area (TPSA) is 30.5 Å². The molecule has 96 valence electrons. The number of rotatable bonds is 7. The van der Waals surface area contributed by atoms with Crippen LogP contribution in [0.25, 0.3) is 0 Å². The second kappa shape index (κ2) is 8.04. The van der Waals surface area contributed by atoms with Crippen molar-refractivity contribution >= 4 is 0 Å². The smallest absolute Gasteiger partial charge is 0.0808 e. The van der Waals surface area contributed by atoms with Crippen molar-refractivity contribution in [3.05, 3.63) is 0 Å². The summed E-state index contributed by atoms with van der Waals surface area (Å²) in [7, 11) is 0. The van der Waals surface area contributed by atoms with Gasteiger partial charge in [0.1, 0.15) is 0 Å². The molecule has 0 bridgehead atoms. The predicted molar refractivity (Wildman–Crippen MR) is 66.7 cm³/mol. The number of hydrogen-bond acceptors (Lipinski definition) is 3. The van der Waals surface area contributed by atoms with E-state index in [0.29, 0.717) is 18.1 Å². The molecule has 1 saturated heterocycles. The van der Waals surface area contributed by atoms with Crippen LogP contribution in [0.4, 0.5) is 0 Å². The minimum atomic E-state index is 0.311. The third kappa shape index (κ3) is 5.28. The quantitative estimate of drug-likeness (QED) is 0.726. The monoisotopic (exact) mass is 229 g/mol. The highest BCUT2D eigenvalue weighted by Crippen LogP contribution is 2.15. The Labute approximate surface area is 99.9 Å². The fourth-order valence-corrected chi connectivity index (χ4v) is 1.94. The molecule has 0 radical (unpaired) electrons. The molecule has 1 heterocycles. The molecule has 0 aromatic heterocycles. The molecule has 0 amide bonds. The highest BCUT2D eigenvalue weighted by Gasteiger charge is 2.18.